The molecule has 3 unspecified atom stereocenters. The van der Waals surface area contributed by atoms with Crippen LogP contribution in [-0.2, 0) is 9.47 Å². The van der Waals surface area contributed by atoms with E-state index < -0.39 is 11.8 Å². The minimum Gasteiger partial charge on any atom is -0.431 e. The van der Waals surface area contributed by atoms with E-state index in [-0.39, 0.29) is 17.4 Å². The molecule has 1 aliphatic carbocycles. The molecule has 0 aliphatic heterocycles. The summed E-state index contributed by atoms with van der Waals surface area (Å²) in [5.41, 5.74) is -0.550. The third-order valence-corrected chi connectivity index (χ3v) is 4.51. The van der Waals surface area contributed by atoms with Crippen molar-refractivity contribution in [3.8, 4) is 0 Å². The van der Waals surface area contributed by atoms with Gasteiger partial charge in [0.05, 0.1) is 0 Å². The Hall–Kier alpha value is -1.51. The van der Waals surface area contributed by atoms with E-state index >= 15 is 0 Å². The van der Waals surface area contributed by atoms with Crippen LogP contribution in [0.5, 0.6) is 0 Å². The van der Waals surface area contributed by atoms with Gasteiger partial charge in [-0.2, -0.15) is 0 Å². The summed E-state index contributed by atoms with van der Waals surface area (Å²) < 4.78 is 10.8. The average molecular weight is 306 g/mol. The third kappa shape index (κ3) is 5.04. The van der Waals surface area contributed by atoms with Gasteiger partial charge in [0, 0.05) is 11.8 Å². The molecule has 0 radical (unpaired) electrons. The molecule has 3 atom stereocenters. The lowest BCUT2D eigenvalue weighted by atomic mass is 10.0. The maximum Gasteiger partial charge on any atom is 0.509 e. The van der Waals surface area contributed by atoms with Gasteiger partial charge in [-0.1, -0.05) is 57.2 Å². The first-order chi connectivity index (χ1) is 10.2. The number of ether oxygens (including phenoxy) is 2. The third-order valence-electron chi connectivity index (χ3n) is 4.51. The second-order valence-electron chi connectivity index (χ2n) is 6.84. The SMILES string of the molecule is CC=C/C=C\C/C=C\C1(C)CC1(C)OC(=O)OC(C)C(C)C. The van der Waals surface area contributed by atoms with Gasteiger partial charge in [0.1, 0.15) is 11.7 Å². The van der Waals surface area contributed by atoms with Crippen LogP contribution >= 0.6 is 0 Å². The lowest BCUT2D eigenvalue weighted by Crippen LogP contribution is -2.27. The summed E-state index contributed by atoms with van der Waals surface area (Å²) in [6.07, 6.45) is 13.4. The van der Waals surface area contributed by atoms with Crippen molar-refractivity contribution in [3.63, 3.8) is 0 Å². The van der Waals surface area contributed by atoms with Gasteiger partial charge in [0.2, 0.25) is 0 Å². The van der Waals surface area contributed by atoms with Crippen molar-refractivity contribution in [2.75, 3.05) is 0 Å². The largest absolute Gasteiger partial charge is 0.509 e. The van der Waals surface area contributed by atoms with Gasteiger partial charge in [0.25, 0.3) is 0 Å². The first kappa shape index (κ1) is 18.5. The van der Waals surface area contributed by atoms with Crippen LogP contribution in [0.25, 0.3) is 0 Å². The highest BCUT2D eigenvalue weighted by atomic mass is 16.7. The van der Waals surface area contributed by atoms with Gasteiger partial charge in [-0.15, -0.1) is 0 Å². The molecule has 0 N–H and O–H groups in total. The highest BCUT2D eigenvalue weighted by Gasteiger charge is 2.63. The van der Waals surface area contributed by atoms with E-state index in [1.165, 1.54) is 0 Å². The van der Waals surface area contributed by atoms with Crippen LogP contribution in [0.1, 0.15) is 54.4 Å². The zero-order valence-electron chi connectivity index (χ0n) is 14.8. The predicted octanol–water partition coefficient (Wildman–Crippen LogP) is 5.43. The second kappa shape index (κ2) is 7.66. The molecule has 0 aromatic heterocycles. The molecule has 0 spiro atoms. The molecule has 1 fully saturated rings. The zero-order valence-corrected chi connectivity index (χ0v) is 14.8. The minimum absolute atomic E-state index is 0.0957. The van der Waals surface area contributed by atoms with Crippen LogP contribution in [0.4, 0.5) is 4.79 Å². The Kier molecular flexibility index (Phi) is 6.46. The fraction of sp³-hybridized carbons (Fsp3) is 0.632. The highest BCUT2D eigenvalue weighted by Crippen LogP contribution is 2.59. The van der Waals surface area contributed by atoms with E-state index in [2.05, 4.69) is 25.2 Å². The fourth-order valence-corrected chi connectivity index (χ4v) is 2.22. The first-order valence-corrected chi connectivity index (χ1v) is 8.09. The smallest absolute Gasteiger partial charge is 0.431 e. The van der Waals surface area contributed by atoms with Crippen LogP contribution in [0.3, 0.4) is 0 Å². The molecule has 0 aromatic carbocycles. The molecular formula is C19H30O3. The number of hydrogen-bond donors (Lipinski definition) is 0. The molecule has 1 saturated carbocycles. The summed E-state index contributed by atoms with van der Waals surface area (Å²) in [7, 11) is 0. The van der Waals surface area contributed by atoms with Gasteiger partial charge in [-0.25, -0.2) is 4.79 Å². The standard InChI is InChI=1S/C19H30O3/c1-7-8-9-10-11-12-13-18(5)14-19(18,6)22-17(20)21-16(4)15(2)3/h7-10,12-13,15-16H,11,14H2,1-6H3/b8-7?,10-9-,13-12-. The number of hydrogen-bond acceptors (Lipinski definition) is 3. The van der Waals surface area contributed by atoms with E-state index in [1.54, 1.807) is 0 Å². The van der Waals surface area contributed by atoms with Crippen LogP contribution < -0.4 is 0 Å². The van der Waals surface area contributed by atoms with Gasteiger partial charge in [-0.3, -0.25) is 0 Å². The molecule has 0 saturated heterocycles. The topological polar surface area (TPSA) is 35.5 Å². The molecule has 1 rings (SSSR count). The first-order valence-electron chi connectivity index (χ1n) is 8.09. The predicted molar refractivity (Wildman–Crippen MR) is 90.7 cm³/mol. The lowest BCUT2D eigenvalue weighted by molar-refractivity contribution is -0.0193. The monoisotopic (exact) mass is 306 g/mol. The van der Waals surface area contributed by atoms with Crippen LogP contribution in [-0.4, -0.2) is 17.9 Å². The molecule has 1 aliphatic rings. The van der Waals surface area contributed by atoms with Crippen LogP contribution in [0, 0.1) is 11.3 Å². The maximum atomic E-state index is 11.9. The fourth-order valence-electron chi connectivity index (χ4n) is 2.22. The van der Waals surface area contributed by atoms with Crippen LogP contribution in [0.15, 0.2) is 36.5 Å². The van der Waals surface area contributed by atoms with Gasteiger partial charge >= 0.3 is 6.16 Å². The van der Waals surface area contributed by atoms with Crippen LogP contribution in [0.2, 0.25) is 0 Å². The normalized spacial score (nSPS) is 29.6. The summed E-state index contributed by atoms with van der Waals surface area (Å²) in [5, 5.41) is 0. The molecule has 0 amide bonds. The van der Waals surface area contributed by atoms with E-state index in [1.807, 2.05) is 52.8 Å². The van der Waals surface area contributed by atoms with Gasteiger partial charge in [-0.05, 0) is 33.1 Å². The molecule has 3 heteroatoms. The Morgan fingerprint density at radius 2 is 1.86 bits per heavy atom. The Morgan fingerprint density at radius 3 is 2.45 bits per heavy atom. The van der Waals surface area contributed by atoms with Crippen molar-refractivity contribution in [2.45, 2.75) is 66.1 Å². The highest BCUT2D eigenvalue weighted by molar-refractivity contribution is 5.62. The Labute approximate surface area is 135 Å². The van der Waals surface area contributed by atoms with Crippen molar-refractivity contribution in [1.82, 2.24) is 0 Å². The van der Waals surface area contributed by atoms with E-state index in [4.69, 9.17) is 9.47 Å². The molecule has 0 heterocycles. The molecular weight excluding hydrogens is 276 g/mol. The number of rotatable bonds is 7. The quantitative estimate of drug-likeness (QED) is 0.357. The average Bonchev–Trinajstić information content (AvgIpc) is 2.94. The van der Waals surface area contributed by atoms with Gasteiger partial charge < -0.3 is 9.47 Å². The second-order valence-corrected chi connectivity index (χ2v) is 6.84. The summed E-state index contributed by atoms with van der Waals surface area (Å²) in [6, 6.07) is 0. The summed E-state index contributed by atoms with van der Waals surface area (Å²) in [6.45, 7) is 12.0. The van der Waals surface area contributed by atoms with Crippen molar-refractivity contribution in [1.29, 1.82) is 0 Å². The molecule has 124 valence electrons. The Bertz CT molecular complexity index is 461. The number of carbonyl (C=O) groups is 1. The zero-order chi connectivity index (χ0) is 16.8. The molecule has 3 nitrogen and oxygen atoms in total. The van der Waals surface area contributed by atoms with Crippen molar-refractivity contribution in [2.24, 2.45) is 11.3 Å². The Morgan fingerprint density at radius 1 is 1.18 bits per heavy atom. The molecule has 0 aromatic rings. The van der Waals surface area contributed by atoms with E-state index in [9.17, 15) is 4.79 Å². The maximum absolute atomic E-state index is 11.9. The lowest BCUT2D eigenvalue weighted by Gasteiger charge is -2.20. The Balaban J connectivity index is 2.46. The summed E-state index contributed by atoms with van der Waals surface area (Å²) in [4.78, 5) is 11.9. The number of allylic oxidation sites excluding steroid dienone is 5. The molecule has 0 bridgehead atoms. The van der Waals surface area contributed by atoms with E-state index in [0.29, 0.717) is 0 Å². The number of carbonyl (C=O) groups excluding carboxylic acids is 1. The van der Waals surface area contributed by atoms with E-state index in [0.717, 1.165) is 12.8 Å². The molecule has 22 heavy (non-hydrogen) atoms. The summed E-state index contributed by atoms with van der Waals surface area (Å²) >= 11 is 0. The van der Waals surface area contributed by atoms with Gasteiger partial charge in [0.15, 0.2) is 0 Å². The minimum atomic E-state index is -0.561. The van der Waals surface area contributed by atoms with Crippen molar-refractivity contribution in [3.05, 3.63) is 36.5 Å². The summed E-state index contributed by atoms with van der Waals surface area (Å²) in [5.74, 6) is 0.287. The van der Waals surface area contributed by atoms with Crippen molar-refractivity contribution < 1.29 is 14.3 Å². The van der Waals surface area contributed by atoms with Crippen molar-refractivity contribution >= 4 is 6.16 Å².